The van der Waals surface area contributed by atoms with Crippen molar-refractivity contribution in [2.45, 2.75) is 63.2 Å². The number of Topliss-reactive ketones (excluding diaryl/α,β-unsaturated/α-hetero) is 2. The molecular weight excluding hydrogens is 744 g/mol. The molecule has 0 amide bonds. The monoisotopic (exact) mass is 800 g/mol. The number of carbonyl (C=O) groups excluding carboxylic acids is 2. The summed E-state index contributed by atoms with van der Waals surface area (Å²) < 4.78 is 45.9. The lowest BCUT2D eigenvalue weighted by Gasteiger charge is -2.31. The molecule has 58 heavy (non-hydrogen) atoms. The van der Waals surface area contributed by atoms with Crippen molar-refractivity contribution in [3.05, 3.63) is 88.7 Å². The van der Waals surface area contributed by atoms with Gasteiger partial charge in [0.05, 0.1) is 54.0 Å². The van der Waals surface area contributed by atoms with Crippen molar-refractivity contribution in [2.24, 2.45) is 11.8 Å². The van der Waals surface area contributed by atoms with Crippen LogP contribution in [0.15, 0.2) is 60.7 Å². The summed E-state index contributed by atoms with van der Waals surface area (Å²) in [5, 5.41) is 10.5. The number of rotatable bonds is 13. The molecule has 2 aliphatic rings. The second-order valence-corrected chi connectivity index (χ2v) is 15.0. The number of hydrogen-bond acceptors (Lipinski definition) is 11. The Hall–Kier alpha value is -5.65. The fourth-order valence-electron chi connectivity index (χ4n) is 8.50. The number of hydrogen-bond donors (Lipinski definition) is 2. The van der Waals surface area contributed by atoms with Crippen LogP contribution in [0.4, 0.5) is 15.8 Å². The summed E-state index contributed by atoms with van der Waals surface area (Å²) in [6, 6.07) is 17.3. The summed E-state index contributed by atoms with van der Waals surface area (Å²) in [5.74, 6) is 2.35. The number of phenols is 1. The average molecular weight is 801 g/mol. The van der Waals surface area contributed by atoms with Crippen LogP contribution >= 0.6 is 0 Å². The van der Waals surface area contributed by atoms with Crippen LogP contribution in [0.2, 0.25) is 0 Å². The Morgan fingerprint density at radius 2 is 1.00 bits per heavy atom. The Labute approximate surface area is 341 Å². The van der Waals surface area contributed by atoms with E-state index in [4.69, 9.17) is 34.2 Å². The minimum Gasteiger partial charge on any atom is -0.506 e. The maximum atomic E-state index is 13.6. The van der Waals surface area contributed by atoms with Crippen LogP contribution in [0.3, 0.4) is 0 Å². The van der Waals surface area contributed by atoms with Gasteiger partial charge in [-0.2, -0.15) is 0 Å². The number of aromatic hydroxyl groups is 1. The molecule has 0 saturated heterocycles. The van der Waals surface area contributed by atoms with Crippen LogP contribution < -0.4 is 39.1 Å². The van der Waals surface area contributed by atoms with E-state index >= 15 is 0 Å². The SMILES string of the molecule is COc1cc(C(=O)C2CCCCC2c2ccc(F)c(N)c2)cc(OC)c1OC.COc1cc(C(=O)C2CCCCC2c2ccc(N(C)C)c(O)c2)cc(OC)c1OC. The van der Waals surface area contributed by atoms with Crippen molar-refractivity contribution in [1.29, 1.82) is 0 Å². The third kappa shape index (κ3) is 9.38. The number of carbonyl (C=O) groups is 2. The standard InChI is InChI=1S/C24H31NO5.C22H26FNO4/c1-25(2)19-11-10-15(12-20(19)26)17-8-6-7-9-18(17)23(27)16-13-21(28-3)24(30-5)22(14-16)29-4;1-26-19-11-14(12-20(27-2)22(19)28-3)21(25)16-7-5-4-6-15(16)13-8-9-17(23)18(24)10-13/h10-14,17-18,26H,6-9H2,1-5H3;8-12,15-16H,4-7,24H2,1-3H3. The van der Waals surface area contributed by atoms with Crippen molar-refractivity contribution in [3.63, 3.8) is 0 Å². The molecule has 12 heteroatoms. The van der Waals surface area contributed by atoms with E-state index in [2.05, 4.69) is 0 Å². The van der Waals surface area contributed by atoms with Crippen molar-refractivity contribution in [1.82, 2.24) is 0 Å². The lowest BCUT2D eigenvalue weighted by atomic mass is 9.72. The fourth-order valence-corrected chi connectivity index (χ4v) is 8.50. The van der Waals surface area contributed by atoms with E-state index in [1.54, 1.807) is 63.8 Å². The first-order chi connectivity index (χ1) is 27.9. The van der Waals surface area contributed by atoms with Crippen LogP contribution in [0.5, 0.6) is 40.2 Å². The summed E-state index contributed by atoms with van der Waals surface area (Å²) in [6.07, 6.45) is 7.47. The summed E-state index contributed by atoms with van der Waals surface area (Å²) >= 11 is 0. The van der Waals surface area contributed by atoms with Gasteiger partial charge in [0.1, 0.15) is 11.6 Å². The van der Waals surface area contributed by atoms with Crippen molar-refractivity contribution in [2.75, 3.05) is 67.4 Å². The van der Waals surface area contributed by atoms with Gasteiger partial charge in [0.2, 0.25) is 11.5 Å². The van der Waals surface area contributed by atoms with E-state index in [1.807, 2.05) is 31.1 Å². The molecule has 0 aromatic heterocycles. The number of ether oxygens (including phenoxy) is 6. The minimum atomic E-state index is -0.438. The van der Waals surface area contributed by atoms with Gasteiger partial charge in [0.15, 0.2) is 34.6 Å². The molecule has 4 atom stereocenters. The number of ketones is 2. The smallest absolute Gasteiger partial charge is 0.203 e. The lowest BCUT2D eigenvalue weighted by Crippen LogP contribution is -2.26. The molecule has 4 aromatic rings. The number of nitrogen functional groups attached to an aromatic ring is 1. The summed E-state index contributed by atoms with van der Waals surface area (Å²) in [6.45, 7) is 0. The molecule has 4 aromatic carbocycles. The molecule has 2 aliphatic carbocycles. The molecular formula is C46H57FN2O9. The first-order valence-electron chi connectivity index (χ1n) is 19.6. The number of halogens is 1. The van der Waals surface area contributed by atoms with Crippen molar-refractivity contribution >= 4 is 22.9 Å². The molecule has 0 radical (unpaired) electrons. The molecule has 312 valence electrons. The molecule has 11 nitrogen and oxygen atoms in total. The predicted molar refractivity (Wildman–Crippen MR) is 224 cm³/mol. The van der Waals surface area contributed by atoms with Gasteiger partial charge in [-0.1, -0.05) is 37.8 Å². The molecule has 0 bridgehead atoms. The molecule has 2 fully saturated rings. The van der Waals surface area contributed by atoms with E-state index in [1.165, 1.54) is 27.4 Å². The van der Waals surface area contributed by atoms with Gasteiger partial charge in [0, 0.05) is 37.1 Å². The number of benzene rings is 4. The molecule has 0 heterocycles. The van der Waals surface area contributed by atoms with Crippen LogP contribution in [0, 0.1) is 17.7 Å². The molecule has 0 spiro atoms. The second-order valence-electron chi connectivity index (χ2n) is 15.0. The normalized spacial score (nSPS) is 18.8. The van der Waals surface area contributed by atoms with Gasteiger partial charge in [-0.25, -0.2) is 4.39 Å². The van der Waals surface area contributed by atoms with E-state index in [0.717, 1.165) is 68.2 Å². The van der Waals surface area contributed by atoms with Crippen LogP contribution in [-0.4, -0.2) is 73.4 Å². The first kappa shape index (κ1) is 43.5. The number of nitrogens with two attached hydrogens (primary N) is 1. The molecule has 3 N–H and O–H groups in total. The van der Waals surface area contributed by atoms with E-state index in [0.29, 0.717) is 45.6 Å². The first-order valence-corrected chi connectivity index (χ1v) is 19.6. The Balaban J connectivity index is 0.000000221. The molecule has 0 aliphatic heterocycles. The predicted octanol–water partition coefficient (Wildman–Crippen LogP) is 9.23. The minimum absolute atomic E-state index is 0.00300. The Morgan fingerprint density at radius 1 is 0.603 bits per heavy atom. The number of methoxy groups -OCH3 is 6. The highest BCUT2D eigenvalue weighted by Gasteiger charge is 2.35. The van der Waals surface area contributed by atoms with Crippen molar-refractivity contribution < 1.29 is 47.5 Å². The Morgan fingerprint density at radius 3 is 1.36 bits per heavy atom. The number of anilines is 2. The highest BCUT2D eigenvalue weighted by Crippen LogP contribution is 2.46. The van der Waals surface area contributed by atoms with E-state index in [-0.39, 0.29) is 46.7 Å². The third-order valence-electron chi connectivity index (χ3n) is 11.5. The quantitative estimate of drug-likeness (QED) is 0.0989. The largest absolute Gasteiger partial charge is 0.506 e. The maximum absolute atomic E-state index is 13.6. The van der Waals surface area contributed by atoms with Gasteiger partial charge in [-0.15, -0.1) is 0 Å². The zero-order valence-electron chi connectivity index (χ0n) is 34.9. The van der Waals surface area contributed by atoms with Crippen LogP contribution in [0.1, 0.15) is 95.0 Å². The Kier molecular flexibility index (Phi) is 14.7. The van der Waals surface area contributed by atoms with Crippen LogP contribution in [-0.2, 0) is 0 Å². The molecule has 2 saturated carbocycles. The summed E-state index contributed by atoms with van der Waals surface area (Å²) in [5.41, 5.74) is 9.62. The third-order valence-corrected chi connectivity index (χ3v) is 11.5. The van der Waals surface area contributed by atoms with Gasteiger partial charge in [-0.3, -0.25) is 9.59 Å². The maximum Gasteiger partial charge on any atom is 0.203 e. The lowest BCUT2D eigenvalue weighted by molar-refractivity contribution is 0.0860. The van der Waals surface area contributed by atoms with E-state index in [9.17, 15) is 19.1 Å². The van der Waals surface area contributed by atoms with Gasteiger partial charge in [0.25, 0.3) is 0 Å². The van der Waals surface area contributed by atoms with Gasteiger partial charge in [-0.05, 0) is 97.2 Å². The molecule has 6 rings (SSSR count). The summed E-state index contributed by atoms with van der Waals surface area (Å²) in [7, 11) is 13.0. The van der Waals surface area contributed by atoms with Gasteiger partial charge < -0.3 is 44.2 Å². The van der Waals surface area contributed by atoms with Gasteiger partial charge >= 0.3 is 0 Å². The van der Waals surface area contributed by atoms with E-state index < -0.39 is 5.82 Å². The number of nitrogens with zero attached hydrogens (tertiary/aromatic N) is 1. The highest BCUT2D eigenvalue weighted by molar-refractivity contribution is 6.00. The average Bonchev–Trinajstić information content (AvgIpc) is 3.25. The zero-order valence-corrected chi connectivity index (χ0v) is 34.9. The zero-order chi connectivity index (χ0) is 42.1. The second kappa shape index (κ2) is 19.7. The highest BCUT2D eigenvalue weighted by atomic mass is 19.1. The molecule has 4 unspecified atom stereocenters. The fraction of sp³-hybridized carbons (Fsp3) is 0.435. The van der Waals surface area contributed by atoms with Crippen molar-refractivity contribution in [3.8, 4) is 40.2 Å². The van der Waals surface area contributed by atoms with Crippen LogP contribution in [0.25, 0.3) is 0 Å². The summed E-state index contributed by atoms with van der Waals surface area (Å²) in [4.78, 5) is 28.8. The topological polar surface area (TPSA) is 139 Å². The number of phenolic OH excluding ortho intramolecular Hbond substituents is 1. The Bertz CT molecular complexity index is 2020.